The Hall–Kier alpha value is -2.14. The molecule has 1 aromatic carbocycles. The van der Waals surface area contributed by atoms with Gasteiger partial charge in [0.2, 0.25) is 0 Å². The molecule has 118 valence electrons. The first kappa shape index (κ1) is 16.2. The van der Waals surface area contributed by atoms with Crippen molar-refractivity contribution in [3.63, 3.8) is 0 Å². The number of benzene rings is 1. The molecule has 0 fully saturated rings. The summed E-state index contributed by atoms with van der Waals surface area (Å²) in [5.41, 5.74) is 2.49. The second-order valence-corrected chi connectivity index (χ2v) is 5.07. The molecule has 1 aromatic heterocycles. The quantitative estimate of drug-likeness (QED) is 0.853. The van der Waals surface area contributed by atoms with Gasteiger partial charge in [-0.15, -0.1) is 0 Å². The summed E-state index contributed by atoms with van der Waals surface area (Å²) in [6.07, 6.45) is 0.874. The average Bonchev–Trinajstić information content (AvgIpc) is 2.52. The highest BCUT2D eigenvalue weighted by Gasteiger charge is 2.09. The van der Waals surface area contributed by atoms with Gasteiger partial charge >= 0.3 is 0 Å². The van der Waals surface area contributed by atoms with Gasteiger partial charge in [0.05, 0.1) is 12.3 Å². The van der Waals surface area contributed by atoms with Crippen LogP contribution in [0.2, 0.25) is 0 Å². The second-order valence-electron chi connectivity index (χ2n) is 5.07. The van der Waals surface area contributed by atoms with Gasteiger partial charge in [-0.1, -0.05) is 6.92 Å². The predicted molar refractivity (Wildman–Crippen MR) is 88.2 cm³/mol. The lowest BCUT2D eigenvalue weighted by molar-refractivity contribution is 0.340. The average molecular weight is 301 g/mol. The van der Waals surface area contributed by atoms with E-state index >= 15 is 0 Å². The molecule has 1 heterocycles. The molecule has 5 nitrogen and oxygen atoms in total. The molecule has 0 bridgehead atoms. The first-order valence-electron chi connectivity index (χ1n) is 7.68. The van der Waals surface area contributed by atoms with E-state index in [4.69, 9.17) is 4.74 Å². The Labute approximate surface area is 130 Å². The molecule has 0 saturated heterocycles. The van der Waals surface area contributed by atoms with Crippen molar-refractivity contribution in [1.29, 1.82) is 0 Å². The lowest BCUT2D eigenvalue weighted by Crippen LogP contribution is -2.28. The van der Waals surface area contributed by atoms with E-state index in [2.05, 4.69) is 10.4 Å². The number of aromatic nitrogens is 2. The molecular weight excluding hydrogens is 278 g/mol. The largest absolute Gasteiger partial charge is 0.494 e. The van der Waals surface area contributed by atoms with E-state index in [1.807, 2.05) is 51.2 Å². The van der Waals surface area contributed by atoms with Crippen molar-refractivity contribution in [2.45, 2.75) is 33.4 Å². The normalized spacial score (nSPS) is 10.7. The van der Waals surface area contributed by atoms with Gasteiger partial charge in [-0.2, -0.15) is 5.10 Å². The zero-order chi connectivity index (χ0) is 15.9. The number of nitrogens with one attached hydrogen (secondary N) is 1. The molecular formula is C17H23N3O2. The van der Waals surface area contributed by atoms with Gasteiger partial charge in [0.1, 0.15) is 5.75 Å². The zero-order valence-electron chi connectivity index (χ0n) is 13.4. The Morgan fingerprint density at radius 3 is 2.55 bits per heavy atom. The molecule has 0 aliphatic rings. The first-order chi connectivity index (χ1) is 10.7. The van der Waals surface area contributed by atoms with Crippen LogP contribution in [0.4, 0.5) is 0 Å². The van der Waals surface area contributed by atoms with E-state index in [1.165, 1.54) is 0 Å². The lowest BCUT2D eigenvalue weighted by atomic mass is 10.1. The summed E-state index contributed by atoms with van der Waals surface area (Å²) in [6, 6.07) is 9.65. The van der Waals surface area contributed by atoms with Crippen molar-refractivity contribution in [3.05, 3.63) is 46.2 Å². The molecule has 0 radical (unpaired) electrons. The number of rotatable bonds is 7. The Kier molecular flexibility index (Phi) is 5.72. The van der Waals surface area contributed by atoms with Crippen LogP contribution >= 0.6 is 0 Å². The van der Waals surface area contributed by atoms with Crippen molar-refractivity contribution >= 4 is 0 Å². The van der Waals surface area contributed by atoms with Gasteiger partial charge in [-0.3, -0.25) is 4.79 Å². The van der Waals surface area contributed by atoms with E-state index in [0.717, 1.165) is 29.0 Å². The maximum absolute atomic E-state index is 12.3. The van der Waals surface area contributed by atoms with E-state index in [-0.39, 0.29) is 5.56 Å². The van der Waals surface area contributed by atoms with Crippen LogP contribution in [-0.2, 0) is 13.1 Å². The smallest absolute Gasteiger partial charge is 0.271 e. The maximum Gasteiger partial charge on any atom is 0.271 e. The van der Waals surface area contributed by atoms with Gasteiger partial charge < -0.3 is 10.1 Å². The Bertz CT molecular complexity index is 632. The van der Waals surface area contributed by atoms with E-state index in [0.29, 0.717) is 19.7 Å². The number of hydrogen-bond donors (Lipinski definition) is 1. The zero-order valence-corrected chi connectivity index (χ0v) is 13.4. The molecule has 1 N–H and O–H groups in total. The summed E-state index contributed by atoms with van der Waals surface area (Å²) in [5.74, 6) is 0.837. The summed E-state index contributed by atoms with van der Waals surface area (Å²) in [6.45, 7) is 5.80. The molecule has 5 heteroatoms. The molecule has 0 unspecified atom stereocenters. The number of hydrogen-bond acceptors (Lipinski definition) is 4. The molecule has 2 rings (SSSR count). The third-order valence-electron chi connectivity index (χ3n) is 3.31. The predicted octanol–water partition coefficient (Wildman–Crippen LogP) is 2.44. The monoisotopic (exact) mass is 301 g/mol. The van der Waals surface area contributed by atoms with Crippen molar-refractivity contribution in [3.8, 4) is 17.0 Å². The van der Waals surface area contributed by atoms with Gasteiger partial charge in [0.25, 0.3) is 5.56 Å². The molecule has 0 atom stereocenters. The Morgan fingerprint density at radius 2 is 1.95 bits per heavy atom. The standard InChI is InChI=1S/C17H23N3O2/c1-4-10-20-17(21)14(12-18-3)11-16(19-20)13-6-8-15(9-7-13)22-5-2/h6-9,11,18H,4-5,10,12H2,1-3H3. The SMILES string of the molecule is CCCn1nc(-c2ccc(OCC)cc2)cc(CNC)c1=O. The lowest BCUT2D eigenvalue weighted by Gasteiger charge is -2.10. The summed E-state index contributed by atoms with van der Waals surface area (Å²) in [4.78, 5) is 12.3. The highest BCUT2D eigenvalue weighted by Crippen LogP contribution is 2.20. The molecule has 0 aliphatic heterocycles. The maximum atomic E-state index is 12.3. The fourth-order valence-electron chi connectivity index (χ4n) is 2.31. The minimum Gasteiger partial charge on any atom is -0.494 e. The van der Waals surface area contributed by atoms with Crippen molar-refractivity contribution < 1.29 is 4.74 Å². The van der Waals surface area contributed by atoms with Crippen LogP contribution in [0.3, 0.4) is 0 Å². The first-order valence-corrected chi connectivity index (χ1v) is 7.68. The minimum atomic E-state index is -0.0223. The van der Waals surface area contributed by atoms with Crippen molar-refractivity contribution in [2.24, 2.45) is 0 Å². The van der Waals surface area contributed by atoms with E-state index < -0.39 is 0 Å². The summed E-state index contributed by atoms with van der Waals surface area (Å²) < 4.78 is 7.01. The topological polar surface area (TPSA) is 56.1 Å². The molecule has 0 amide bonds. The van der Waals surface area contributed by atoms with Crippen LogP contribution in [0, 0.1) is 0 Å². The van der Waals surface area contributed by atoms with Gasteiger partial charge in [-0.05, 0) is 50.7 Å². The van der Waals surface area contributed by atoms with Gasteiger partial charge in [0.15, 0.2) is 0 Å². The van der Waals surface area contributed by atoms with Crippen LogP contribution < -0.4 is 15.6 Å². The number of nitrogens with zero attached hydrogens (tertiary/aromatic N) is 2. The molecule has 2 aromatic rings. The van der Waals surface area contributed by atoms with Crippen LogP contribution in [0.1, 0.15) is 25.8 Å². The fourth-order valence-corrected chi connectivity index (χ4v) is 2.31. The summed E-state index contributed by atoms with van der Waals surface area (Å²) in [5, 5.41) is 7.52. The van der Waals surface area contributed by atoms with E-state index in [9.17, 15) is 4.79 Å². The molecule has 0 aliphatic carbocycles. The molecule has 0 saturated carbocycles. The van der Waals surface area contributed by atoms with Gasteiger partial charge in [-0.25, -0.2) is 4.68 Å². The van der Waals surface area contributed by atoms with E-state index in [1.54, 1.807) is 4.68 Å². The minimum absolute atomic E-state index is 0.0223. The van der Waals surface area contributed by atoms with Crippen LogP contribution in [0.15, 0.2) is 35.1 Å². The van der Waals surface area contributed by atoms with Crippen LogP contribution in [0.5, 0.6) is 5.75 Å². The Balaban J connectivity index is 2.42. The summed E-state index contributed by atoms with van der Waals surface area (Å²) in [7, 11) is 1.83. The number of ether oxygens (including phenoxy) is 1. The van der Waals surface area contributed by atoms with Crippen LogP contribution in [0.25, 0.3) is 11.3 Å². The Morgan fingerprint density at radius 1 is 1.23 bits per heavy atom. The highest BCUT2D eigenvalue weighted by molar-refractivity contribution is 5.60. The second kappa shape index (κ2) is 7.75. The van der Waals surface area contributed by atoms with Gasteiger partial charge in [0, 0.05) is 24.2 Å². The third-order valence-corrected chi connectivity index (χ3v) is 3.31. The van der Waals surface area contributed by atoms with Crippen LogP contribution in [-0.4, -0.2) is 23.4 Å². The third kappa shape index (κ3) is 3.74. The molecule has 0 spiro atoms. The van der Waals surface area contributed by atoms with Crippen molar-refractivity contribution in [1.82, 2.24) is 15.1 Å². The highest BCUT2D eigenvalue weighted by atomic mass is 16.5. The summed E-state index contributed by atoms with van der Waals surface area (Å²) >= 11 is 0. The molecule has 22 heavy (non-hydrogen) atoms. The fraction of sp³-hybridized carbons (Fsp3) is 0.412. The number of aryl methyl sites for hydroxylation is 1. The van der Waals surface area contributed by atoms with Crippen molar-refractivity contribution in [2.75, 3.05) is 13.7 Å².